The van der Waals surface area contributed by atoms with Crippen molar-refractivity contribution in [3.63, 3.8) is 0 Å². The molecule has 0 spiro atoms. The van der Waals surface area contributed by atoms with Gasteiger partial charge in [-0.3, -0.25) is 9.69 Å². The zero-order valence-electron chi connectivity index (χ0n) is 11.7. The predicted octanol–water partition coefficient (Wildman–Crippen LogP) is 1.80. The van der Waals surface area contributed by atoms with Crippen LogP contribution >= 0.6 is 11.6 Å². The molecule has 1 heterocycles. The SMILES string of the molecule is CCOC(=O)[C@H]([C@@H](Cl)c1ccccc1)N1CCNCC1. The molecule has 2 atom stereocenters. The summed E-state index contributed by atoms with van der Waals surface area (Å²) in [5, 5.41) is 2.89. The average molecular weight is 297 g/mol. The summed E-state index contributed by atoms with van der Waals surface area (Å²) in [6, 6.07) is 9.28. The Balaban J connectivity index is 2.18. The van der Waals surface area contributed by atoms with Crippen LogP contribution in [-0.4, -0.2) is 49.7 Å². The van der Waals surface area contributed by atoms with Crippen LogP contribution in [0.3, 0.4) is 0 Å². The van der Waals surface area contributed by atoms with E-state index >= 15 is 0 Å². The number of carbonyl (C=O) groups excluding carboxylic acids is 1. The van der Waals surface area contributed by atoms with E-state index in [4.69, 9.17) is 16.3 Å². The van der Waals surface area contributed by atoms with E-state index in [1.54, 1.807) is 0 Å². The van der Waals surface area contributed by atoms with Crippen molar-refractivity contribution in [3.8, 4) is 0 Å². The number of rotatable bonds is 5. The van der Waals surface area contributed by atoms with Gasteiger partial charge in [0, 0.05) is 26.2 Å². The summed E-state index contributed by atoms with van der Waals surface area (Å²) < 4.78 is 5.21. The second-order valence-corrected chi connectivity index (χ2v) is 5.27. The number of ether oxygens (including phenoxy) is 1. The van der Waals surface area contributed by atoms with E-state index in [1.807, 2.05) is 37.3 Å². The van der Waals surface area contributed by atoms with Crippen molar-refractivity contribution >= 4 is 17.6 Å². The van der Waals surface area contributed by atoms with Crippen LogP contribution in [0, 0.1) is 0 Å². The molecule has 2 rings (SSSR count). The van der Waals surface area contributed by atoms with Crippen LogP contribution in [0.1, 0.15) is 17.9 Å². The Kier molecular flexibility index (Phi) is 5.83. The van der Waals surface area contributed by atoms with Crippen LogP contribution in [0.5, 0.6) is 0 Å². The number of nitrogens with zero attached hydrogens (tertiary/aromatic N) is 1. The second-order valence-electron chi connectivity index (χ2n) is 4.80. The topological polar surface area (TPSA) is 41.6 Å². The Bertz CT molecular complexity index is 421. The van der Waals surface area contributed by atoms with Gasteiger partial charge in [-0.15, -0.1) is 11.6 Å². The molecular weight excluding hydrogens is 276 g/mol. The first-order valence-electron chi connectivity index (χ1n) is 7.04. The molecule has 1 N–H and O–H groups in total. The standard InChI is InChI=1S/C15H21ClN2O2/c1-2-20-15(19)14(18-10-8-17-9-11-18)13(16)12-6-4-3-5-7-12/h3-7,13-14,17H,2,8-11H2,1H3/t13-,14-/m0/s1. The quantitative estimate of drug-likeness (QED) is 0.665. The molecule has 1 aromatic carbocycles. The largest absolute Gasteiger partial charge is 0.465 e. The highest BCUT2D eigenvalue weighted by molar-refractivity contribution is 6.22. The van der Waals surface area contributed by atoms with E-state index in [0.29, 0.717) is 6.61 Å². The normalized spacial score (nSPS) is 19.3. The van der Waals surface area contributed by atoms with Gasteiger partial charge in [0.05, 0.1) is 12.0 Å². The van der Waals surface area contributed by atoms with E-state index < -0.39 is 11.4 Å². The summed E-state index contributed by atoms with van der Waals surface area (Å²) in [5.41, 5.74) is 0.950. The lowest BCUT2D eigenvalue weighted by Crippen LogP contribution is -2.53. The van der Waals surface area contributed by atoms with Crippen LogP contribution in [0.2, 0.25) is 0 Å². The third-order valence-corrected chi connectivity index (χ3v) is 3.96. The molecule has 4 nitrogen and oxygen atoms in total. The molecule has 1 aliphatic heterocycles. The number of esters is 1. The van der Waals surface area contributed by atoms with Crippen molar-refractivity contribution in [2.45, 2.75) is 18.3 Å². The van der Waals surface area contributed by atoms with Gasteiger partial charge in [0.25, 0.3) is 0 Å². The minimum absolute atomic E-state index is 0.238. The summed E-state index contributed by atoms with van der Waals surface area (Å²) >= 11 is 6.57. The maximum atomic E-state index is 12.3. The fourth-order valence-electron chi connectivity index (χ4n) is 2.46. The molecule has 0 amide bonds. The molecule has 0 radical (unpaired) electrons. The van der Waals surface area contributed by atoms with Gasteiger partial charge in [-0.1, -0.05) is 30.3 Å². The number of alkyl halides is 1. The van der Waals surface area contributed by atoms with Crippen molar-refractivity contribution in [1.29, 1.82) is 0 Å². The van der Waals surface area contributed by atoms with Gasteiger partial charge in [-0.25, -0.2) is 0 Å². The van der Waals surface area contributed by atoms with Crippen molar-refractivity contribution in [2.24, 2.45) is 0 Å². The van der Waals surface area contributed by atoms with Crippen molar-refractivity contribution in [3.05, 3.63) is 35.9 Å². The third kappa shape index (κ3) is 3.72. The number of benzene rings is 1. The summed E-state index contributed by atoms with van der Waals surface area (Å²) in [7, 11) is 0. The van der Waals surface area contributed by atoms with Crippen molar-refractivity contribution in [2.75, 3.05) is 32.8 Å². The highest BCUT2D eigenvalue weighted by Gasteiger charge is 2.35. The lowest BCUT2D eigenvalue weighted by molar-refractivity contribution is -0.150. The fourth-order valence-corrected chi connectivity index (χ4v) is 2.87. The molecule has 1 aromatic rings. The molecule has 0 saturated carbocycles. The van der Waals surface area contributed by atoms with Gasteiger partial charge in [0.1, 0.15) is 6.04 Å². The van der Waals surface area contributed by atoms with Crippen molar-refractivity contribution < 1.29 is 9.53 Å². The van der Waals surface area contributed by atoms with Gasteiger partial charge in [-0.2, -0.15) is 0 Å². The summed E-state index contributed by atoms with van der Waals surface area (Å²) in [5.74, 6) is -0.238. The van der Waals surface area contributed by atoms with Gasteiger partial charge in [0.2, 0.25) is 0 Å². The number of piperazine rings is 1. The zero-order valence-corrected chi connectivity index (χ0v) is 12.5. The molecule has 1 aliphatic rings. The van der Waals surface area contributed by atoms with E-state index in [-0.39, 0.29) is 5.97 Å². The molecule has 0 bridgehead atoms. The Hall–Kier alpha value is -1.10. The Morgan fingerprint density at radius 2 is 2.00 bits per heavy atom. The summed E-state index contributed by atoms with van der Waals surface area (Å²) in [6.45, 7) is 5.54. The first-order chi connectivity index (χ1) is 9.74. The number of carbonyl (C=O) groups is 1. The molecule has 0 aromatic heterocycles. The first kappa shape index (κ1) is 15.3. The monoisotopic (exact) mass is 296 g/mol. The summed E-state index contributed by atoms with van der Waals surface area (Å²) in [6.07, 6.45) is 0. The van der Waals surface area contributed by atoms with Crippen LogP contribution in [0.15, 0.2) is 30.3 Å². The highest BCUT2D eigenvalue weighted by atomic mass is 35.5. The van der Waals surface area contributed by atoms with Crippen LogP contribution in [0.4, 0.5) is 0 Å². The van der Waals surface area contributed by atoms with Gasteiger partial charge < -0.3 is 10.1 Å². The predicted molar refractivity (Wildman–Crippen MR) is 79.9 cm³/mol. The van der Waals surface area contributed by atoms with Gasteiger partial charge >= 0.3 is 5.97 Å². The molecule has 1 fully saturated rings. The van der Waals surface area contributed by atoms with E-state index in [1.165, 1.54) is 0 Å². The first-order valence-corrected chi connectivity index (χ1v) is 7.48. The number of halogens is 1. The molecule has 110 valence electrons. The maximum Gasteiger partial charge on any atom is 0.325 e. The second kappa shape index (κ2) is 7.62. The minimum Gasteiger partial charge on any atom is -0.465 e. The third-order valence-electron chi connectivity index (χ3n) is 3.47. The van der Waals surface area contributed by atoms with Crippen molar-refractivity contribution in [1.82, 2.24) is 10.2 Å². The smallest absolute Gasteiger partial charge is 0.325 e. The molecule has 5 heteroatoms. The summed E-state index contributed by atoms with van der Waals surface area (Å²) in [4.78, 5) is 14.4. The molecule has 1 saturated heterocycles. The maximum absolute atomic E-state index is 12.3. The molecule has 0 aliphatic carbocycles. The van der Waals surface area contributed by atoms with E-state index in [0.717, 1.165) is 31.7 Å². The minimum atomic E-state index is -0.430. The zero-order chi connectivity index (χ0) is 14.4. The lowest BCUT2D eigenvalue weighted by Gasteiger charge is -2.35. The molecule has 20 heavy (non-hydrogen) atoms. The molecular formula is C15H21ClN2O2. The number of hydrogen-bond donors (Lipinski definition) is 1. The Morgan fingerprint density at radius 3 is 2.60 bits per heavy atom. The number of hydrogen-bond acceptors (Lipinski definition) is 4. The Morgan fingerprint density at radius 1 is 1.35 bits per heavy atom. The average Bonchev–Trinajstić information content (AvgIpc) is 2.50. The fraction of sp³-hybridized carbons (Fsp3) is 0.533. The highest BCUT2D eigenvalue weighted by Crippen LogP contribution is 2.28. The number of nitrogens with one attached hydrogen (secondary N) is 1. The van der Waals surface area contributed by atoms with Crippen LogP contribution < -0.4 is 5.32 Å². The van der Waals surface area contributed by atoms with Crippen LogP contribution in [-0.2, 0) is 9.53 Å². The van der Waals surface area contributed by atoms with E-state index in [2.05, 4.69) is 10.2 Å². The lowest BCUT2D eigenvalue weighted by atomic mass is 10.0. The Labute approximate surface area is 125 Å². The molecule has 0 unspecified atom stereocenters. The van der Waals surface area contributed by atoms with E-state index in [9.17, 15) is 4.79 Å². The van der Waals surface area contributed by atoms with Crippen LogP contribution in [0.25, 0.3) is 0 Å². The van der Waals surface area contributed by atoms with Gasteiger partial charge in [-0.05, 0) is 12.5 Å². The van der Waals surface area contributed by atoms with Gasteiger partial charge in [0.15, 0.2) is 0 Å².